The number of imidazole rings is 1. The molecule has 0 aliphatic carbocycles. The van der Waals surface area contributed by atoms with Crippen molar-refractivity contribution in [2.45, 2.75) is 51.5 Å². The molecule has 110 valence electrons. The highest BCUT2D eigenvalue weighted by atomic mass is 35.5. The molecule has 1 unspecified atom stereocenters. The lowest BCUT2D eigenvalue weighted by Crippen LogP contribution is -2.30. The summed E-state index contributed by atoms with van der Waals surface area (Å²) in [5.74, 6) is 0.307. The second-order valence-corrected chi connectivity index (χ2v) is 6.44. The Hall–Kier alpha value is -0.800. The number of aromatic nitrogens is 2. The van der Waals surface area contributed by atoms with E-state index in [0.29, 0.717) is 5.52 Å². The molecule has 2 aromatic rings. The number of hydrogen-bond donors (Lipinski definition) is 0. The number of halogens is 3. The molecule has 2 nitrogen and oxygen atoms in total. The van der Waals surface area contributed by atoms with Gasteiger partial charge >= 0.3 is 0 Å². The minimum absolute atomic E-state index is 0.113. The van der Waals surface area contributed by atoms with Gasteiger partial charge in [0, 0.05) is 11.6 Å². The van der Waals surface area contributed by atoms with Crippen LogP contribution in [0, 0.1) is 5.82 Å². The van der Waals surface area contributed by atoms with E-state index in [-0.39, 0.29) is 15.9 Å². The van der Waals surface area contributed by atoms with Crippen molar-refractivity contribution in [2.75, 3.05) is 0 Å². The first-order valence-corrected chi connectivity index (χ1v) is 7.67. The van der Waals surface area contributed by atoms with E-state index in [0.717, 1.165) is 24.2 Å². The van der Waals surface area contributed by atoms with E-state index < -0.39 is 5.82 Å². The Bertz CT molecular complexity index is 630. The summed E-state index contributed by atoms with van der Waals surface area (Å²) >= 11 is 12.2. The number of rotatable bonds is 4. The van der Waals surface area contributed by atoms with Gasteiger partial charge in [0.15, 0.2) is 0 Å². The van der Waals surface area contributed by atoms with Gasteiger partial charge in [-0.15, -0.1) is 11.6 Å². The van der Waals surface area contributed by atoms with E-state index in [9.17, 15) is 4.39 Å². The molecule has 0 saturated carbocycles. The van der Waals surface area contributed by atoms with Crippen molar-refractivity contribution in [3.05, 3.63) is 28.8 Å². The van der Waals surface area contributed by atoms with E-state index in [1.807, 2.05) is 6.92 Å². The van der Waals surface area contributed by atoms with Crippen LogP contribution in [0.4, 0.5) is 4.39 Å². The van der Waals surface area contributed by atoms with E-state index in [2.05, 4.69) is 30.3 Å². The third kappa shape index (κ3) is 2.42. The molecule has 1 atom stereocenters. The zero-order valence-corrected chi connectivity index (χ0v) is 13.7. The van der Waals surface area contributed by atoms with Crippen molar-refractivity contribution in [2.24, 2.45) is 0 Å². The lowest BCUT2D eigenvalue weighted by atomic mass is 9.94. The molecule has 1 aromatic heterocycles. The highest BCUT2D eigenvalue weighted by molar-refractivity contribution is 6.31. The van der Waals surface area contributed by atoms with Crippen molar-refractivity contribution >= 4 is 34.2 Å². The van der Waals surface area contributed by atoms with Crippen LogP contribution < -0.4 is 0 Å². The third-order valence-corrected chi connectivity index (χ3v) is 4.63. The fraction of sp³-hybridized carbons (Fsp3) is 0.533. The Morgan fingerprint density at radius 1 is 1.35 bits per heavy atom. The van der Waals surface area contributed by atoms with Gasteiger partial charge in [-0.1, -0.05) is 25.4 Å². The van der Waals surface area contributed by atoms with Crippen LogP contribution in [0.3, 0.4) is 0 Å². The lowest BCUT2D eigenvalue weighted by molar-refractivity contribution is 0.293. The first-order chi connectivity index (χ1) is 9.34. The Morgan fingerprint density at radius 3 is 2.45 bits per heavy atom. The van der Waals surface area contributed by atoms with Crippen molar-refractivity contribution in [1.29, 1.82) is 0 Å². The quantitative estimate of drug-likeness (QED) is 0.665. The summed E-state index contributed by atoms with van der Waals surface area (Å²) in [6.07, 6.45) is 1.86. The summed E-state index contributed by atoms with van der Waals surface area (Å²) in [6, 6.07) is 3.02. The summed E-state index contributed by atoms with van der Waals surface area (Å²) in [7, 11) is 0. The number of fused-ring (bicyclic) bond motifs is 1. The Labute approximate surface area is 128 Å². The van der Waals surface area contributed by atoms with Gasteiger partial charge in [0.05, 0.1) is 21.4 Å². The summed E-state index contributed by atoms with van der Waals surface area (Å²) in [6.45, 7) is 8.30. The average Bonchev–Trinajstić information content (AvgIpc) is 2.77. The standard InChI is InChI=1S/C15H19Cl2FN2/c1-5-15(4,6-2)20-13-7-10(17)11(18)8-12(13)19-14(20)9(3)16/h7-9H,5-6H2,1-4H3. The molecule has 0 amide bonds. The molecule has 0 saturated heterocycles. The summed E-state index contributed by atoms with van der Waals surface area (Å²) in [5, 5.41) is -0.136. The lowest BCUT2D eigenvalue weighted by Gasteiger charge is -2.32. The predicted octanol–water partition coefficient (Wildman–Crippen LogP) is 5.66. The van der Waals surface area contributed by atoms with Crippen molar-refractivity contribution < 1.29 is 4.39 Å². The molecular weight excluding hydrogens is 298 g/mol. The normalized spacial score (nSPS) is 13.9. The Balaban J connectivity index is 2.84. The summed E-state index contributed by atoms with van der Waals surface area (Å²) < 4.78 is 15.8. The monoisotopic (exact) mass is 316 g/mol. The molecule has 20 heavy (non-hydrogen) atoms. The zero-order valence-electron chi connectivity index (χ0n) is 12.2. The molecule has 1 heterocycles. The number of alkyl halides is 1. The number of nitrogens with zero attached hydrogens (tertiary/aromatic N) is 2. The largest absolute Gasteiger partial charge is 0.321 e. The first-order valence-electron chi connectivity index (χ1n) is 6.86. The predicted molar refractivity (Wildman–Crippen MR) is 83.2 cm³/mol. The average molecular weight is 317 g/mol. The molecular formula is C15H19Cl2FN2. The molecule has 0 spiro atoms. The first kappa shape index (κ1) is 15.6. The van der Waals surface area contributed by atoms with Crippen LogP contribution >= 0.6 is 23.2 Å². The van der Waals surface area contributed by atoms with Crippen LogP contribution in [0.1, 0.15) is 51.7 Å². The molecule has 2 rings (SSSR count). The van der Waals surface area contributed by atoms with Crippen molar-refractivity contribution in [3.8, 4) is 0 Å². The van der Waals surface area contributed by atoms with E-state index in [1.165, 1.54) is 6.07 Å². The molecule has 0 fully saturated rings. The second-order valence-electron chi connectivity index (χ2n) is 5.38. The Kier molecular flexibility index (Phi) is 4.31. The van der Waals surface area contributed by atoms with Crippen LogP contribution in [0.5, 0.6) is 0 Å². The van der Waals surface area contributed by atoms with E-state index in [4.69, 9.17) is 23.2 Å². The molecule has 0 N–H and O–H groups in total. The fourth-order valence-electron chi connectivity index (χ4n) is 2.49. The third-order valence-electron chi connectivity index (χ3n) is 4.14. The van der Waals surface area contributed by atoms with Crippen LogP contribution in [-0.4, -0.2) is 9.55 Å². The van der Waals surface area contributed by atoms with Crippen LogP contribution in [-0.2, 0) is 5.54 Å². The van der Waals surface area contributed by atoms with Crippen molar-refractivity contribution in [1.82, 2.24) is 9.55 Å². The van der Waals surface area contributed by atoms with E-state index >= 15 is 0 Å². The minimum atomic E-state index is -0.452. The van der Waals surface area contributed by atoms with E-state index in [1.54, 1.807) is 6.07 Å². The van der Waals surface area contributed by atoms with Crippen LogP contribution in [0.15, 0.2) is 12.1 Å². The van der Waals surface area contributed by atoms with Gasteiger partial charge in [-0.2, -0.15) is 0 Å². The fourth-order valence-corrected chi connectivity index (χ4v) is 2.80. The highest BCUT2D eigenvalue weighted by Crippen LogP contribution is 2.36. The zero-order chi connectivity index (χ0) is 15.1. The topological polar surface area (TPSA) is 17.8 Å². The summed E-state index contributed by atoms with van der Waals surface area (Å²) in [4.78, 5) is 4.51. The number of hydrogen-bond acceptors (Lipinski definition) is 1. The van der Waals surface area contributed by atoms with Gasteiger partial charge in [0.2, 0.25) is 0 Å². The van der Waals surface area contributed by atoms with Gasteiger partial charge in [0.25, 0.3) is 0 Å². The maximum absolute atomic E-state index is 13.6. The molecule has 1 aromatic carbocycles. The number of benzene rings is 1. The summed E-state index contributed by atoms with van der Waals surface area (Å²) in [5.41, 5.74) is 1.32. The van der Waals surface area contributed by atoms with Gasteiger partial charge in [0.1, 0.15) is 11.6 Å². The molecule has 0 aliphatic heterocycles. The molecule has 0 aliphatic rings. The minimum Gasteiger partial charge on any atom is -0.321 e. The maximum atomic E-state index is 13.6. The second kappa shape index (κ2) is 5.53. The van der Waals surface area contributed by atoms with Crippen LogP contribution in [0.2, 0.25) is 5.02 Å². The molecule has 0 radical (unpaired) electrons. The van der Waals surface area contributed by atoms with Gasteiger partial charge in [-0.3, -0.25) is 0 Å². The molecule has 5 heteroatoms. The maximum Gasteiger partial charge on any atom is 0.144 e. The molecule has 0 bridgehead atoms. The highest BCUT2D eigenvalue weighted by Gasteiger charge is 2.29. The SMILES string of the molecule is CCC(C)(CC)n1c(C(C)Cl)nc2cc(F)c(Cl)cc21. The smallest absolute Gasteiger partial charge is 0.144 e. The Morgan fingerprint density at radius 2 is 1.95 bits per heavy atom. The van der Waals surface area contributed by atoms with Gasteiger partial charge < -0.3 is 4.57 Å². The van der Waals surface area contributed by atoms with Crippen LogP contribution in [0.25, 0.3) is 11.0 Å². The van der Waals surface area contributed by atoms with Crippen molar-refractivity contribution in [3.63, 3.8) is 0 Å². The van der Waals surface area contributed by atoms with Gasteiger partial charge in [-0.25, -0.2) is 9.37 Å². The van der Waals surface area contributed by atoms with Gasteiger partial charge in [-0.05, 0) is 32.8 Å².